The fraction of sp³-hybridized carbons (Fsp3) is 0.333. The maximum atomic E-state index is 13.3. The molecular weight excluding hydrogens is 565 g/mol. The molecule has 0 atom stereocenters. The first-order valence-corrected chi connectivity index (χ1v) is 15.9. The number of hydrogen-bond acceptors (Lipinski definition) is 4. The number of aromatic nitrogens is 2. The zero-order chi connectivity index (χ0) is 30.8. The van der Waals surface area contributed by atoms with E-state index in [0.717, 1.165) is 22.5 Å². The summed E-state index contributed by atoms with van der Waals surface area (Å²) in [7, 11) is -3.67. The summed E-state index contributed by atoms with van der Waals surface area (Å²) in [5.41, 5.74) is 4.33. The largest absolute Gasteiger partial charge is 0.324 e. The fourth-order valence-corrected chi connectivity index (χ4v) is 6.70. The van der Waals surface area contributed by atoms with Crippen LogP contribution in [0.1, 0.15) is 50.4 Å². The highest BCUT2D eigenvalue weighted by Crippen LogP contribution is 2.30. The molecule has 0 radical (unpaired) electrons. The van der Waals surface area contributed by atoms with E-state index in [1.54, 1.807) is 4.68 Å². The van der Waals surface area contributed by atoms with Crippen LogP contribution in [0, 0.1) is 18.7 Å². The van der Waals surface area contributed by atoms with Crippen LogP contribution in [0.3, 0.4) is 0 Å². The monoisotopic (exact) mass is 603 g/mol. The lowest BCUT2D eigenvalue weighted by molar-refractivity contribution is 0.261. The van der Waals surface area contributed by atoms with Gasteiger partial charge in [-0.15, -0.1) is 0 Å². The highest BCUT2D eigenvalue weighted by Gasteiger charge is 2.30. The number of rotatable bonds is 7. The third-order valence-electron chi connectivity index (χ3n) is 7.80. The van der Waals surface area contributed by atoms with Crippen molar-refractivity contribution in [3.05, 3.63) is 102 Å². The number of nitrogens with one attached hydrogen (secondary N) is 2. The second-order valence-electron chi connectivity index (χ2n) is 12.2. The van der Waals surface area contributed by atoms with E-state index in [1.165, 1.54) is 28.6 Å². The van der Waals surface area contributed by atoms with Crippen LogP contribution in [0.4, 0.5) is 20.7 Å². The molecule has 10 heteroatoms. The Labute approximate surface area is 253 Å². The van der Waals surface area contributed by atoms with Gasteiger partial charge in [-0.2, -0.15) is 9.40 Å². The first kappa shape index (κ1) is 30.4. The number of amides is 2. The van der Waals surface area contributed by atoms with Crippen LogP contribution in [0.5, 0.6) is 0 Å². The number of anilines is 2. The van der Waals surface area contributed by atoms with Gasteiger partial charge >= 0.3 is 6.03 Å². The molecule has 1 aliphatic rings. The Morgan fingerprint density at radius 1 is 0.953 bits per heavy atom. The van der Waals surface area contributed by atoms with Crippen LogP contribution < -0.4 is 10.6 Å². The van der Waals surface area contributed by atoms with Crippen molar-refractivity contribution in [2.24, 2.45) is 5.92 Å². The van der Waals surface area contributed by atoms with E-state index >= 15 is 0 Å². The van der Waals surface area contributed by atoms with Gasteiger partial charge in [0.15, 0.2) is 0 Å². The molecule has 2 N–H and O–H groups in total. The number of para-hydroxylation sites is 1. The molecule has 0 aliphatic carbocycles. The van der Waals surface area contributed by atoms with Gasteiger partial charge < -0.3 is 5.32 Å². The van der Waals surface area contributed by atoms with Gasteiger partial charge in [0, 0.05) is 30.3 Å². The summed E-state index contributed by atoms with van der Waals surface area (Å²) in [5.74, 6) is 0.353. The molecule has 0 bridgehead atoms. The lowest BCUT2D eigenvalue weighted by Crippen LogP contribution is -2.38. The maximum absolute atomic E-state index is 13.3. The molecule has 1 saturated heterocycles. The van der Waals surface area contributed by atoms with E-state index in [1.807, 2.05) is 61.5 Å². The predicted octanol–water partition coefficient (Wildman–Crippen LogP) is 6.90. The second kappa shape index (κ2) is 12.3. The Bertz CT molecular complexity index is 1690. The molecule has 0 unspecified atom stereocenters. The van der Waals surface area contributed by atoms with Gasteiger partial charge in [-0.1, -0.05) is 56.7 Å². The number of carbonyl (C=O) groups excluding carboxylic acids is 1. The molecule has 4 aromatic rings. The van der Waals surface area contributed by atoms with Crippen molar-refractivity contribution in [1.82, 2.24) is 14.1 Å². The number of aryl methyl sites for hydroxylation is 1. The molecule has 226 valence electrons. The van der Waals surface area contributed by atoms with Crippen LogP contribution in [0.2, 0.25) is 0 Å². The number of sulfonamides is 1. The molecule has 2 heterocycles. The summed E-state index contributed by atoms with van der Waals surface area (Å²) in [6, 6.07) is 22.1. The standard InChI is InChI=1S/C33H38FN5O3S/c1-23-9-13-27(14-10-23)39-31(22-30(37-39)33(2,3)4)36-32(40)35-29-8-6-5-7-25(29)21-24-17-19-38(20-18-24)43(41,42)28-15-11-26(34)12-16-28/h5-16,22,24H,17-21H2,1-4H3,(H2,35,36,40). The summed E-state index contributed by atoms with van der Waals surface area (Å²) < 4.78 is 42.6. The Morgan fingerprint density at radius 3 is 2.26 bits per heavy atom. The third kappa shape index (κ3) is 7.14. The van der Waals surface area contributed by atoms with E-state index in [2.05, 4.69) is 31.4 Å². The number of carbonyl (C=O) groups is 1. The smallest absolute Gasteiger partial charge is 0.307 e. The molecule has 1 fully saturated rings. The highest BCUT2D eigenvalue weighted by atomic mass is 32.2. The molecule has 8 nitrogen and oxygen atoms in total. The summed E-state index contributed by atoms with van der Waals surface area (Å²) in [6.07, 6.45) is 2.08. The lowest BCUT2D eigenvalue weighted by Gasteiger charge is -2.31. The van der Waals surface area contributed by atoms with Crippen molar-refractivity contribution in [2.45, 2.75) is 57.3 Å². The van der Waals surface area contributed by atoms with Crippen molar-refractivity contribution in [1.29, 1.82) is 0 Å². The van der Waals surface area contributed by atoms with E-state index in [-0.39, 0.29) is 22.3 Å². The highest BCUT2D eigenvalue weighted by molar-refractivity contribution is 7.89. The SMILES string of the molecule is Cc1ccc(-n2nc(C(C)(C)C)cc2NC(=O)Nc2ccccc2CC2CCN(S(=O)(=O)c3ccc(F)cc3)CC2)cc1. The molecule has 0 saturated carbocycles. The van der Waals surface area contributed by atoms with E-state index < -0.39 is 15.8 Å². The lowest BCUT2D eigenvalue weighted by atomic mass is 9.90. The zero-order valence-electron chi connectivity index (χ0n) is 25.0. The summed E-state index contributed by atoms with van der Waals surface area (Å²) in [5, 5.41) is 10.8. The maximum Gasteiger partial charge on any atom is 0.324 e. The number of hydrogen-bond donors (Lipinski definition) is 2. The summed E-state index contributed by atoms with van der Waals surface area (Å²) in [4.78, 5) is 13.4. The van der Waals surface area contributed by atoms with E-state index in [4.69, 9.17) is 5.10 Å². The van der Waals surface area contributed by atoms with Gasteiger partial charge in [0.25, 0.3) is 0 Å². The molecular formula is C33H38FN5O3S. The minimum Gasteiger partial charge on any atom is -0.307 e. The topological polar surface area (TPSA) is 96.3 Å². The zero-order valence-corrected chi connectivity index (χ0v) is 25.8. The quantitative estimate of drug-likeness (QED) is 0.240. The molecule has 5 rings (SSSR count). The minimum atomic E-state index is -3.67. The van der Waals surface area contributed by atoms with Crippen LogP contribution in [-0.2, 0) is 21.9 Å². The molecule has 2 amide bonds. The van der Waals surface area contributed by atoms with Gasteiger partial charge in [0.2, 0.25) is 10.0 Å². The van der Waals surface area contributed by atoms with Gasteiger partial charge in [0.1, 0.15) is 11.6 Å². The first-order chi connectivity index (χ1) is 20.4. The fourth-order valence-electron chi connectivity index (χ4n) is 5.23. The average Bonchev–Trinajstić information content (AvgIpc) is 3.39. The van der Waals surface area contributed by atoms with Crippen molar-refractivity contribution in [3.63, 3.8) is 0 Å². The predicted molar refractivity (Wildman–Crippen MR) is 168 cm³/mol. The van der Waals surface area contributed by atoms with Crippen LogP contribution >= 0.6 is 0 Å². The van der Waals surface area contributed by atoms with Gasteiger partial charge in [-0.3, -0.25) is 5.32 Å². The average molecular weight is 604 g/mol. The van der Waals surface area contributed by atoms with Gasteiger partial charge in [-0.05, 0) is 80.1 Å². The Hall–Kier alpha value is -4.02. The Balaban J connectivity index is 1.25. The summed E-state index contributed by atoms with van der Waals surface area (Å²) in [6.45, 7) is 9.04. The Kier molecular flexibility index (Phi) is 8.71. The number of benzene rings is 3. The molecule has 3 aromatic carbocycles. The first-order valence-electron chi connectivity index (χ1n) is 14.5. The van der Waals surface area contributed by atoms with Crippen molar-refractivity contribution >= 4 is 27.6 Å². The molecule has 1 aliphatic heterocycles. The van der Waals surface area contributed by atoms with Crippen LogP contribution in [0.25, 0.3) is 5.69 Å². The normalized spacial score (nSPS) is 14.9. The number of nitrogens with zero attached hydrogens (tertiary/aromatic N) is 3. The van der Waals surface area contributed by atoms with Crippen molar-refractivity contribution in [2.75, 3.05) is 23.7 Å². The number of urea groups is 1. The molecule has 0 spiro atoms. The van der Waals surface area contributed by atoms with Gasteiger partial charge in [-0.25, -0.2) is 22.3 Å². The Morgan fingerprint density at radius 2 is 1.60 bits per heavy atom. The van der Waals surface area contributed by atoms with Crippen LogP contribution in [-0.4, -0.2) is 41.6 Å². The number of halogens is 1. The molecule has 43 heavy (non-hydrogen) atoms. The third-order valence-corrected chi connectivity index (χ3v) is 9.71. The van der Waals surface area contributed by atoms with Gasteiger partial charge in [0.05, 0.1) is 16.3 Å². The van der Waals surface area contributed by atoms with Crippen LogP contribution in [0.15, 0.2) is 83.8 Å². The van der Waals surface area contributed by atoms with Crippen molar-refractivity contribution < 1.29 is 17.6 Å². The number of piperidine rings is 1. The van der Waals surface area contributed by atoms with Crippen molar-refractivity contribution in [3.8, 4) is 5.69 Å². The second-order valence-corrected chi connectivity index (χ2v) is 14.1. The molecule has 1 aromatic heterocycles. The van der Waals surface area contributed by atoms with E-state index in [0.29, 0.717) is 43.9 Å². The van der Waals surface area contributed by atoms with E-state index in [9.17, 15) is 17.6 Å². The minimum absolute atomic E-state index is 0.103. The summed E-state index contributed by atoms with van der Waals surface area (Å²) >= 11 is 0.